The van der Waals surface area contributed by atoms with Crippen LogP contribution >= 0.6 is 0 Å². The van der Waals surface area contributed by atoms with Gasteiger partial charge in [-0.2, -0.15) is 0 Å². The van der Waals surface area contributed by atoms with Crippen LogP contribution in [0, 0.1) is 13.8 Å². The Morgan fingerprint density at radius 2 is 1.55 bits per heavy atom. The van der Waals surface area contributed by atoms with Gasteiger partial charge in [-0.15, -0.1) is 0 Å². The number of carbonyl (C=O) groups is 4. The third kappa shape index (κ3) is 8.10. The summed E-state index contributed by atoms with van der Waals surface area (Å²) in [6, 6.07) is 23.0. The number of benzene rings is 4. The normalized spacial score (nSPS) is 12.5. The molecule has 2 heterocycles. The van der Waals surface area contributed by atoms with Crippen LogP contribution in [0.5, 0.6) is 0 Å². The van der Waals surface area contributed by atoms with Crippen LogP contribution < -0.4 is 5.73 Å². The highest BCUT2D eigenvalue weighted by atomic mass is 32.2. The fourth-order valence-electron chi connectivity index (χ4n) is 6.80. The number of hydrogen-bond acceptors (Lipinski definition) is 9. The third-order valence-corrected chi connectivity index (χ3v) is 11.3. The van der Waals surface area contributed by atoms with E-state index in [0.717, 1.165) is 17.2 Å². The molecule has 0 aliphatic carbocycles. The Labute approximate surface area is 324 Å². The SMILES string of the molecule is CCOC(=O)c1ccccc1S(=O)(=O)N(C(=O)[C@H](Cc1ccc(-c2ccno2)cc1)N(C)C(=O)c1cc(C)cc(C)c1)[C@@H](Cc1c[nH]c2ccccc12)C(N)=O. The van der Waals surface area contributed by atoms with Crippen molar-refractivity contribution in [2.45, 2.75) is 50.6 Å². The number of rotatable bonds is 14. The lowest BCUT2D eigenvalue weighted by molar-refractivity contribution is -0.137. The Morgan fingerprint density at radius 1 is 0.875 bits per heavy atom. The monoisotopic (exact) mass is 775 g/mol. The highest BCUT2D eigenvalue weighted by Crippen LogP contribution is 2.30. The number of likely N-dealkylation sites (N-methyl/N-ethyl adjacent to an activating group) is 1. The van der Waals surface area contributed by atoms with E-state index in [0.29, 0.717) is 37.7 Å². The van der Waals surface area contributed by atoms with E-state index >= 15 is 13.2 Å². The third-order valence-electron chi connectivity index (χ3n) is 9.48. The summed E-state index contributed by atoms with van der Waals surface area (Å²) in [4.78, 5) is 60.1. The first-order valence-corrected chi connectivity index (χ1v) is 19.3. The Kier molecular flexibility index (Phi) is 11.5. The number of nitrogens with two attached hydrogens (primary N) is 1. The van der Waals surface area contributed by atoms with Gasteiger partial charge in [0.25, 0.3) is 21.8 Å². The molecule has 288 valence electrons. The quantitative estimate of drug-likeness (QED) is 0.133. The number of carbonyl (C=O) groups excluding carboxylic acids is 4. The van der Waals surface area contributed by atoms with Gasteiger partial charge in [-0.25, -0.2) is 17.5 Å². The number of aryl methyl sites for hydroxylation is 2. The summed E-state index contributed by atoms with van der Waals surface area (Å²) in [7, 11) is -3.69. The number of nitrogens with one attached hydrogen (secondary N) is 1. The first kappa shape index (κ1) is 39.2. The van der Waals surface area contributed by atoms with E-state index in [1.165, 1.54) is 36.3 Å². The molecule has 3 N–H and O–H groups in total. The lowest BCUT2D eigenvalue weighted by Gasteiger charge is -2.35. The maximum atomic E-state index is 15.4. The van der Waals surface area contributed by atoms with Crippen molar-refractivity contribution in [3.63, 3.8) is 0 Å². The molecule has 3 amide bonds. The Balaban J connectivity index is 1.52. The van der Waals surface area contributed by atoms with Crippen molar-refractivity contribution in [3.05, 3.63) is 143 Å². The molecule has 0 radical (unpaired) electrons. The van der Waals surface area contributed by atoms with Crippen LogP contribution in [0.2, 0.25) is 0 Å². The number of esters is 1. The topological polar surface area (TPSA) is 186 Å². The number of aromatic amines is 1. The average molecular weight is 776 g/mol. The molecule has 0 bridgehead atoms. The number of H-pyrrole nitrogens is 1. The van der Waals surface area contributed by atoms with Gasteiger partial charge < -0.3 is 24.9 Å². The zero-order valence-corrected chi connectivity index (χ0v) is 32.1. The number of para-hydroxylation sites is 1. The van der Waals surface area contributed by atoms with Crippen LogP contribution in [0.1, 0.15) is 49.9 Å². The van der Waals surface area contributed by atoms with Crippen molar-refractivity contribution in [2.24, 2.45) is 5.73 Å². The number of nitrogens with zero attached hydrogens (tertiary/aromatic N) is 3. The molecule has 56 heavy (non-hydrogen) atoms. The summed E-state index contributed by atoms with van der Waals surface area (Å²) in [5, 5.41) is 4.43. The summed E-state index contributed by atoms with van der Waals surface area (Å²) in [6.07, 6.45) is 2.63. The van der Waals surface area contributed by atoms with Crippen LogP contribution in [-0.4, -0.2) is 77.2 Å². The molecule has 0 unspecified atom stereocenters. The standard InChI is InChI=1S/C42H41N5O8S/c1-5-54-42(51)33-11-7-9-13-38(33)56(52,53)47(35(39(43)48)24-31-25-44-34-12-8-6-10-32(31)34)41(50)36(46(4)40(49)30-21-26(2)20-27(3)22-30)23-28-14-16-29(17-15-28)37-18-19-45-55-37/h6-22,25,35-36,44H,5,23-24H2,1-4H3,(H2,43,48)/t35-,36-/m0/s1. The van der Waals surface area contributed by atoms with Crippen molar-refractivity contribution < 1.29 is 36.9 Å². The molecular formula is C42H41N5O8S. The number of primary amides is 1. The number of aromatic nitrogens is 2. The first-order valence-electron chi connectivity index (χ1n) is 17.8. The molecule has 2 aromatic heterocycles. The van der Waals surface area contributed by atoms with Gasteiger partial charge in [0.15, 0.2) is 5.76 Å². The minimum absolute atomic E-state index is 0.0526. The second-order valence-electron chi connectivity index (χ2n) is 13.4. The highest BCUT2D eigenvalue weighted by molar-refractivity contribution is 7.89. The van der Waals surface area contributed by atoms with Gasteiger partial charge in [-0.1, -0.05) is 76.9 Å². The van der Waals surface area contributed by atoms with Crippen molar-refractivity contribution in [1.82, 2.24) is 19.3 Å². The van der Waals surface area contributed by atoms with Crippen molar-refractivity contribution in [3.8, 4) is 11.3 Å². The predicted molar refractivity (Wildman–Crippen MR) is 209 cm³/mol. The van der Waals surface area contributed by atoms with E-state index in [2.05, 4.69) is 10.1 Å². The number of fused-ring (bicyclic) bond motifs is 1. The van der Waals surface area contributed by atoms with Crippen LogP contribution in [0.4, 0.5) is 0 Å². The van der Waals surface area contributed by atoms with E-state index < -0.39 is 50.7 Å². The average Bonchev–Trinajstić information content (AvgIpc) is 3.87. The smallest absolute Gasteiger partial charge is 0.339 e. The van der Waals surface area contributed by atoms with Crippen LogP contribution in [0.15, 0.2) is 119 Å². The molecule has 0 aliphatic rings. The molecule has 0 fully saturated rings. The van der Waals surface area contributed by atoms with E-state index in [4.69, 9.17) is 15.0 Å². The largest absolute Gasteiger partial charge is 0.462 e. The van der Waals surface area contributed by atoms with Crippen LogP contribution in [0.25, 0.3) is 22.2 Å². The fraction of sp³-hybridized carbons (Fsp3) is 0.214. The van der Waals surface area contributed by atoms with E-state index in [1.54, 1.807) is 67.7 Å². The van der Waals surface area contributed by atoms with E-state index in [-0.39, 0.29) is 30.6 Å². The minimum Gasteiger partial charge on any atom is -0.462 e. The van der Waals surface area contributed by atoms with Gasteiger partial charge >= 0.3 is 5.97 Å². The van der Waals surface area contributed by atoms with Gasteiger partial charge in [-0.05, 0) is 62.2 Å². The zero-order valence-electron chi connectivity index (χ0n) is 31.3. The summed E-state index contributed by atoms with van der Waals surface area (Å²) < 4.78 is 41.1. The zero-order chi connectivity index (χ0) is 40.1. The minimum atomic E-state index is -5.09. The molecule has 2 atom stereocenters. The van der Waals surface area contributed by atoms with Gasteiger partial charge in [0.05, 0.1) is 18.4 Å². The van der Waals surface area contributed by atoms with Gasteiger partial charge in [-0.3, -0.25) is 14.4 Å². The first-order chi connectivity index (χ1) is 26.8. The Bertz CT molecular complexity index is 2490. The van der Waals surface area contributed by atoms with Crippen molar-refractivity contribution >= 4 is 44.6 Å². The molecule has 6 rings (SSSR count). The predicted octanol–water partition coefficient (Wildman–Crippen LogP) is 5.61. The second kappa shape index (κ2) is 16.4. The number of amides is 3. The molecule has 0 saturated heterocycles. The van der Waals surface area contributed by atoms with Crippen molar-refractivity contribution in [1.29, 1.82) is 0 Å². The van der Waals surface area contributed by atoms with Gasteiger partial charge in [0.2, 0.25) is 5.91 Å². The summed E-state index contributed by atoms with van der Waals surface area (Å²) >= 11 is 0. The fourth-order valence-corrected chi connectivity index (χ4v) is 8.56. The Morgan fingerprint density at radius 3 is 2.21 bits per heavy atom. The molecule has 14 heteroatoms. The van der Waals surface area contributed by atoms with Gasteiger partial charge in [0, 0.05) is 54.2 Å². The lowest BCUT2D eigenvalue weighted by atomic mass is 9.99. The van der Waals surface area contributed by atoms with Crippen molar-refractivity contribution in [2.75, 3.05) is 13.7 Å². The summed E-state index contributed by atoms with van der Waals surface area (Å²) in [5.74, 6) is -3.25. The van der Waals surface area contributed by atoms with E-state index in [1.807, 2.05) is 32.0 Å². The molecule has 0 spiro atoms. The highest BCUT2D eigenvalue weighted by Gasteiger charge is 2.45. The lowest BCUT2D eigenvalue weighted by Crippen LogP contribution is -2.58. The molecule has 0 aliphatic heterocycles. The molecule has 4 aromatic carbocycles. The molecular weight excluding hydrogens is 735 g/mol. The summed E-state index contributed by atoms with van der Waals surface area (Å²) in [6.45, 7) is 5.18. The number of ether oxygens (including phenoxy) is 1. The number of sulfonamides is 1. The number of hydrogen-bond donors (Lipinski definition) is 2. The van der Waals surface area contributed by atoms with Gasteiger partial charge in [0.1, 0.15) is 17.0 Å². The van der Waals surface area contributed by atoms with Crippen LogP contribution in [-0.2, 0) is 37.2 Å². The van der Waals surface area contributed by atoms with Crippen LogP contribution in [0.3, 0.4) is 0 Å². The maximum Gasteiger partial charge on any atom is 0.339 e. The maximum absolute atomic E-state index is 15.4. The Hall–Kier alpha value is -6.54. The molecule has 0 saturated carbocycles. The second-order valence-corrected chi connectivity index (χ2v) is 15.2. The molecule has 13 nitrogen and oxygen atoms in total. The molecule has 6 aromatic rings. The van der Waals surface area contributed by atoms with E-state index in [9.17, 15) is 14.4 Å². The summed E-state index contributed by atoms with van der Waals surface area (Å²) in [5.41, 5.74) is 10.1.